The quantitative estimate of drug-likeness (QED) is 0.821. The molecule has 0 aliphatic heterocycles. The molecular formula is C15H25NO. The number of ether oxygens (including phenoxy) is 1. The molecule has 0 fully saturated rings. The van der Waals surface area contributed by atoms with E-state index in [0.29, 0.717) is 0 Å². The first-order valence-electron chi connectivity index (χ1n) is 6.54. The maximum Gasteiger partial charge on any atom is 0.122 e. The molecule has 0 aliphatic rings. The average Bonchev–Trinajstić information content (AvgIpc) is 2.32. The number of aryl methyl sites for hydroxylation is 1. The van der Waals surface area contributed by atoms with Gasteiger partial charge in [0.2, 0.25) is 0 Å². The van der Waals surface area contributed by atoms with Crippen molar-refractivity contribution < 1.29 is 4.74 Å². The predicted octanol–water partition coefficient (Wildman–Crippen LogP) is 3.29. The molecule has 1 aromatic carbocycles. The highest BCUT2D eigenvalue weighted by molar-refractivity contribution is 5.48. The third-order valence-electron chi connectivity index (χ3n) is 3.30. The van der Waals surface area contributed by atoms with Gasteiger partial charge in [-0.3, -0.25) is 0 Å². The molecule has 0 bridgehead atoms. The van der Waals surface area contributed by atoms with E-state index in [1.165, 1.54) is 22.3 Å². The van der Waals surface area contributed by atoms with Gasteiger partial charge in [-0.2, -0.15) is 0 Å². The number of rotatable bonds is 6. The van der Waals surface area contributed by atoms with Gasteiger partial charge in [0, 0.05) is 0 Å². The van der Waals surface area contributed by atoms with Crippen molar-refractivity contribution in [3.05, 3.63) is 28.3 Å². The van der Waals surface area contributed by atoms with E-state index in [1.54, 1.807) is 0 Å². The fourth-order valence-corrected chi connectivity index (χ4v) is 2.12. The van der Waals surface area contributed by atoms with Crippen molar-refractivity contribution in [2.75, 3.05) is 13.2 Å². The van der Waals surface area contributed by atoms with Crippen LogP contribution in [0, 0.1) is 20.8 Å². The van der Waals surface area contributed by atoms with Gasteiger partial charge in [0.1, 0.15) is 5.75 Å². The van der Waals surface area contributed by atoms with E-state index >= 15 is 0 Å². The first-order valence-corrected chi connectivity index (χ1v) is 6.54. The Bertz CT molecular complexity index is 372. The highest BCUT2D eigenvalue weighted by Gasteiger charge is 2.10. The van der Waals surface area contributed by atoms with E-state index in [2.05, 4.69) is 33.8 Å². The lowest BCUT2D eigenvalue weighted by Crippen LogP contribution is -2.05. The predicted molar refractivity (Wildman–Crippen MR) is 73.8 cm³/mol. The summed E-state index contributed by atoms with van der Waals surface area (Å²) in [6.45, 7) is 10.2. The third-order valence-corrected chi connectivity index (χ3v) is 3.30. The molecule has 0 saturated heterocycles. The Balaban J connectivity index is 2.99. The molecule has 17 heavy (non-hydrogen) atoms. The van der Waals surface area contributed by atoms with Gasteiger partial charge in [-0.15, -0.1) is 0 Å². The minimum absolute atomic E-state index is 0.756. The number of hydrogen-bond acceptors (Lipinski definition) is 2. The Morgan fingerprint density at radius 2 is 1.88 bits per heavy atom. The fourth-order valence-electron chi connectivity index (χ4n) is 2.12. The van der Waals surface area contributed by atoms with Crippen LogP contribution in [0.25, 0.3) is 0 Å². The molecule has 0 atom stereocenters. The van der Waals surface area contributed by atoms with Gasteiger partial charge in [-0.25, -0.2) is 0 Å². The third kappa shape index (κ3) is 3.47. The Hall–Kier alpha value is -1.02. The monoisotopic (exact) mass is 235 g/mol. The Morgan fingerprint density at radius 1 is 1.18 bits per heavy atom. The second kappa shape index (κ2) is 6.65. The van der Waals surface area contributed by atoms with Crippen LogP contribution >= 0.6 is 0 Å². The number of benzene rings is 1. The molecule has 2 nitrogen and oxygen atoms in total. The van der Waals surface area contributed by atoms with Crippen LogP contribution in [0.5, 0.6) is 5.75 Å². The molecular weight excluding hydrogens is 210 g/mol. The van der Waals surface area contributed by atoms with Crippen LogP contribution in [0.1, 0.15) is 42.0 Å². The SMILES string of the molecule is CCCOc1cc(C)c(CCCN)c(C)c1C. The highest BCUT2D eigenvalue weighted by atomic mass is 16.5. The number of nitrogens with two attached hydrogens (primary N) is 1. The van der Waals surface area contributed by atoms with Crippen molar-refractivity contribution in [2.45, 2.75) is 47.0 Å². The zero-order chi connectivity index (χ0) is 12.8. The summed E-state index contributed by atoms with van der Waals surface area (Å²) >= 11 is 0. The lowest BCUT2D eigenvalue weighted by molar-refractivity contribution is 0.315. The van der Waals surface area contributed by atoms with Crippen molar-refractivity contribution in [1.29, 1.82) is 0 Å². The van der Waals surface area contributed by atoms with E-state index < -0.39 is 0 Å². The minimum Gasteiger partial charge on any atom is -0.493 e. The second-order valence-corrected chi connectivity index (χ2v) is 4.66. The topological polar surface area (TPSA) is 35.2 Å². The van der Waals surface area contributed by atoms with Crippen molar-refractivity contribution in [3.8, 4) is 5.75 Å². The van der Waals surface area contributed by atoms with Crippen LogP contribution in [0.4, 0.5) is 0 Å². The summed E-state index contributed by atoms with van der Waals surface area (Å²) in [4.78, 5) is 0. The summed E-state index contributed by atoms with van der Waals surface area (Å²) in [7, 11) is 0. The van der Waals surface area contributed by atoms with Crippen LogP contribution in [-0.2, 0) is 6.42 Å². The second-order valence-electron chi connectivity index (χ2n) is 4.66. The minimum atomic E-state index is 0.756. The van der Waals surface area contributed by atoms with Gasteiger partial charge in [0.15, 0.2) is 0 Å². The molecule has 0 amide bonds. The van der Waals surface area contributed by atoms with E-state index in [4.69, 9.17) is 10.5 Å². The van der Waals surface area contributed by atoms with Crippen LogP contribution in [0.2, 0.25) is 0 Å². The van der Waals surface area contributed by atoms with Crippen LogP contribution in [-0.4, -0.2) is 13.2 Å². The molecule has 0 aliphatic carbocycles. The maximum absolute atomic E-state index is 5.78. The normalized spacial score (nSPS) is 10.6. The van der Waals surface area contributed by atoms with Gasteiger partial charge >= 0.3 is 0 Å². The molecule has 0 unspecified atom stereocenters. The fraction of sp³-hybridized carbons (Fsp3) is 0.600. The molecule has 0 spiro atoms. The summed E-state index contributed by atoms with van der Waals surface area (Å²) in [5.41, 5.74) is 11.0. The lowest BCUT2D eigenvalue weighted by Gasteiger charge is -2.17. The summed E-state index contributed by atoms with van der Waals surface area (Å²) < 4.78 is 5.78. The van der Waals surface area contributed by atoms with Crippen LogP contribution in [0.15, 0.2) is 6.07 Å². The molecule has 0 saturated carbocycles. The smallest absolute Gasteiger partial charge is 0.122 e. The van der Waals surface area contributed by atoms with E-state index in [1.807, 2.05) is 0 Å². The molecule has 2 heteroatoms. The van der Waals surface area contributed by atoms with Crippen molar-refractivity contribution in [2.24, 2.45) is 5.73 Å². The van der Waals surface area contributed by atoms with Gasteiger partial charge in [0.25, 0.3) is 0 Å². The zero-order valence-electron chi connectivity index (χ0n) is 11.6. The summed E-state index contributed by atoms with van der Waals surface area (Å²) in [5.74, 6) is 1.04. The molecule has 1 rings (SSSR count). The highest BCUT2D eigenvalue weighted by Crippen LogP contribution is 2.28. The van der Waals surface area contributed by atoms with Crippen molar-refractivity contribution in [1.82, 2.24) is 0 Å². The first-order chi connectivity index (χ1) is 8.11. The molecule has 0 aromatic heterocycles. The Labute approximate surface area is 105 Å². The molecule has 96 valence electrons. The largest absolute Gasteiger partial charge is 0.493 e. The Morgan fingerprint density at radius 3 is 2.47 bits per heavy atom. The Kier molecular flexibility index (Phi) is 5.49. The molecule has 0 heterocycles. The summed E-state index contributed by atoms with van der Waals surface area (Å²) in [5, 5.41) is 0. The molecule has 1 aromatic rings. The van der Waals surface area contributed by atoms with Gasteiger partial charge in [-0.05, 0) is 74.9 Å². The first kappa shape index (κ1) is 14.0. The van der Waals surface area contributed by atoms with E-state index in [9.17, 15) is 0 Å². The lowest BCUT2D eigenvalue weighted by atomic mass is 9.94. The van der Waals surface area contributed by atoms with E-state index in [0.717, 1.165) is 38.2 Å². The van der Waals surface area contributed by atoms with Gasteiger partial charge < -0.3 is 10.5 Å². The van der Waals surface area contributed by atoms with E-state index in [-0.39, 0.29) is 0 Å². The van der Waals surface area contributed by atoms with Crippen molar-refractivity contribution in [3.63, 3.8) is 0 Å². The summed E-state index contributed by atoms with van der Waals surface area (Å²) in [6.07, 6.45) is 3.17. The van der Waals surface area contributed by atoms with Gasteiger partial charge in [0.05, 0.1) is 6.61 Å². The maximum atomic E-state index is 5.78. The standard InChI is InChI=1S/C15H25NO/c1-5-9-17-15-10-11(2)14(7-6-8-16)12(3)13(15)4/h10H,5-9,16H2,1-4H3. The molecule has 0 radical (unpaired) electrons. The van der Waals surface area contributed by atoms with Crippen LogP contribution in [0.3, 0.4) is 0 Å². The van der Waals surface area contributed by atoms with Gasteiger partial charge in [-0.1, -0.05) is 6.92 Å². The van der Waals surface area contributed by atoms with Crippen LogP contribution < -0.4 is 10.5 Å². The van der Waals surface area contributed by atoms with Crippen molar-refractivity contribution >= 4 is 0 Å². The average molecular weight is 235 g/mol. The summed E-state index contributed by atoms with van der Waals surface area (Å²) in [6, 6.07) is 2.17. The number of hydrogen-bond donors (Lipinski definition) is 1. The zero-order valence-corrected chi connectivity index (χ0v) is 11.6. The molecule has 2 N–H and O–H groups in total.